The van der Waals surface area contributed by atoms with Crippen LogP contribution in [0, 0.1) is 0 Å². The second-order valence-corrected chi connectivity index (χ2v) is 3.96. The fourth-order valence-electron chi connectivity index (χ4n) is 2.02. The van der Waals surface area contributed by atoms with E-state index < -0.39 is 0 Å². The summed E-state index contributed by atoms with van der Waals surface area (Å²) in [5, 5.41) is 4.69. The average molecular weight is 202 g/mol. The zero-order valence-electron chi connectivity index (χ0n) is 9.38. The Morgan fingerprint density at radius 2 is 2.13 bits per heavy atom. The van der Waals surface area contributed by atoms with E-state index >= 15 is 0 Å². The number of hydrogen-bond donors (Lipinski definition) is 2. The van der Waals surface area contributed by atoms with Gasteiger partial charge in [0.15, 0.2) is 0 Å². The summed E-state index contributed by atoms with van der Waals surface area (Å²) in [6, 6.07) is 9.05. The molecule has 1 aromatic heterocycles. The third-order valence-electron chi connectivity index (χ3n) is 3.04. The molecule has 0 bridgehead atoms. The summed E-state index contributed by atoms with van der Waals surface area (Å²) in [4.78, 5) is 3.31. The number of rotatable bonds is 4. The highest BCUT2D eigenvalue weighted by Crippen LogP contribution is 2.19. The van der Waals surface area contributed by atoms with Crippen LogP contribution in [-0.4, -0.2) is 18.1 Å². The molecule has 2 heteroatoms. The lowest BCUT2D eigenvalue weighted by Gasteiger charge is -2.12. The van der Waals surface area contributed by atoms with Gasteiger partial charge in [-0.1, -0.05) is 25.1 Å². The molecular formula is C13H18N2. The highest BCUT2D eigenvalue weighted by atomic mass is 14.9. The van der Waals surface area contributed by atoms with Crippen molar-refractivity contribution in [3.63, 3.8) is 0 Å². The molecule has 0 saturated carbocycles. The first kappa shape index (κ1) is 10.2. The zero-order chi connectivity index (χ0) is 10.7. The molecule has 0 radical (unpaired) electrons. The summed E-state index contributed by atoms with van der Waals surface area (Å²) >= 11 is 0. The smallest absolute Gasteiger partial charge is 0.0456 e. The van der Waals surface area contributed by atoms with E-state index in [9.17, 15) is 0 Å². The summed E-state index contributed by atoms with van der Waals surface area (Å²) in [5.41, 5.74) is 2.64. The van der Waals surface area contributed by atoms with Crippen LogP contribution in [0.5, 0.6) is 0 Å². The second-order valence-electron chi connectivity index (χ2n) is 3.96. The normalized spacial score (nSPS) is 13.2. The fourth-order valence-corrected chi connectivity index (χ4v) is 2.02. The van der Waals surface area contributed by atoms with E-state index in [1.165, 1.54) is 16.5 Å². The maximum absolute atomic E-state index is 3.34. The molecule has 0 aliphatic carbocycles. The van der Waals surface area contributed by atoms with Crippen molar-refractivity contribution < 1.29 is 0 Å². The lowest BCUT2D eigenvalue weighted by Crippen LogP contribution is -2.26. The Hall–Kier alpha value is -1.28. The van der Waals surface area contributed by atoms with Gasteiger partial charge < -0.3 is 10.3 Å². The Kier molecular flexibility index (Phi) is 3.07. The maximum atomic E-state index is 3.34. The van der Waals surface area contributed by atoms with Crippen LogP contribution in [0.4, 0.5) is 0 Å². The summed E-state index contributed by atoms with van der Waals surface area (Å²) < 4.78 is 0. The minimum absolute atomic E-state index is 0.573. The van der Waals surface area contributed by atoms with Crippen molar-refractivity contribution in [3.8, 4) is 0 Å². The van der Waals surface area contributed by atoms with E-state index in [0.29, 0.717) is 6.04 Å². The molecule has 0 amide bonds. The minimum atomic E-state index is 0.573. The third-order valence-corrected chi connectivity index (χ3v) is 3.04. The number of likely N-dealkylation sites (N-methyl/N-ethyl adjacent to an activating group) is 1. The van der Waals surface area contributed by atoms with Crippen molar-refractivity contribution in [2.24, 2.45) is 0 Å². The van der Waals surface area contributed by atoms with Crippen LogP contribution in [-0.2, 0) is 6.42 Å². The summed E-state index contributed by atoms with van der Waals surface area (Å²) in [7, 11) is 2.03. The van der Waals surface area contributed by atoms with Gasteiger partial charge >= 0.3 is 0 Å². The number of para-hydroxylation sites is 1. The van der Waals surface area contributed by atoms with Gasteiger partial charge in [0.25, 0.3) is 0 Å². The van der Waals surface area contributed by atoms with Crippen LogP contribution in [0.2, 0.25) is 0 Å². The number of benzene rings is 1. The predicted molar refractivity (Wildman–Crippen MR) is 65.1 cm³/mol. The van der Waals surface area contributed by atoms with Gasteiger partial charge in [0.05, 0.1) is 0 Å². The van der Waals surface area contributed by atoms with E-state index in [1.54, 1.807) is 0 Å². The standard InChI is InChI=1S/C13H18N2/c1-3-11(14-2)8-10-9-15-13-7-5-4-6-12(10)13/h4-7,9,11,14-15H,3,8H2,1-2H3/t11-/m0/s1. The van der Waals surface area contributed by atoms with E-state index in [4.69, 9.17) is 0 Å². The lowest BCUT2D eigenvalue weighted by molar-refractivity contribution is 0.545. The third kappa shape index (κ3) is 2.05. The van der Waals surface area contributed by atoms with E-state index in [2.05, 4.69) is 47.7 Å². The lowest BCUT2D eigenvalue weighted by atomic mass is 10.0. The van der Waals surface area contributed by atoms with Crippen LogP contribution in [0.25, 0.3) is 10.9 Å². The maximum Gasteiger partial charge on any atom is 0.0456 e. The highest BCUT2D eigenvalue weighted by molar-refractivity contribution is 5.83. The molecule has 0 aliphatic rings. The van der Waals surface area contributed by atoms with Gasteiger partial charge in [-0.25, -0.2) is 0 Å². The zero-order valence-corrected chi connectivity index (χ0v) is 9.38. The number of hydrogen-bond acceptors (Lipinski definition) is 1. The Morgan fingerprint density at radius 3 is 2.87 bits per heavy atom. The van der Waals surface area contributed by atoms with Crippen LogP contribution in [0.3, 0.4) is 0 Å². The first-order valence-electron chi connectivity index (χ1n) is 5.57. The number of aromatic amines is 1. The molecule has 0 saturated heterocycles. The van der Waals surface area contributed by atoms with Crippen molar-refractivity contribution in [1.29, 1.82) is 0 Å². The van der Waals surface area contributed by atoms with Gasteiger partial charge in [0.2, 0.25) is 0 Å². The van der Waals surface area contributed by atoms with Crippen LogP contribution in [0.15, 0.2) is 30.5 Å². The molecule has 2 rings (SSSR count). The molecule has 80 valence electrons. The predicted octanol–water partition coefficient (Wildman–Crippen LogP) is 2.71. The summed E-state index contributed by atoms with van der Waals surface area (Å²) in [5.74, 6) is 0. The largest absolute Gasteiger partial charge is 0.361 e. The average Bonchev–Trinajstić information content (AvgIpc) is 2.69. The molecule has 1 heterocycles. The molecule has 1 atom stereocenters. The van der Waals surface area contributed by atoms with Crippen molar-refractivity contribution >= 4 is 10.9 Å². The van der Waals surface area contributed by atoms with E-state index in [0.717, 1.165) is 12.8 Å². The molecular weight excluding hydrogens is 184 g/mol. The molecule has 2 nitrogen and oxygen atoms in total. The number of fused-ring (bicyclic) bond motifs is 1. The van der Waals surface area contributed by atoms with Gasteiger partial charge in [-0.15, -0.1) is 0 Å². The van der Waals surface area contributed by atoms with Crippen molar-refractivity contribution in [3.05, 3.63) is 36.0 Å². The van der Waals surface area contributed by atoms with E-state index in [-0.39, 0.29) is 0 Å². The van der Waals surface area contributed by atoms with Gasteiger partial charge in [0.1, 0.15) is 0 Å². The quantitative estimate of drug-likeness (QED) is 0.784. The van der Waals surface area contributed by atoms with Gasteiger partial charge in [0, 0.05) is 23.1 Å². The second kappa shape index (κ2) is 4.49. The van der Waals surface area contributed by atoms with E-state index in [1.807, 2.05) is 7.05 Å². The summed E-state index contributed by atoms with van der Waals surface area (Å²) in [6.07, 6.45) is 4.39. The molecule has 2 aromatic rings. The Balaban J connectivity index is 2.28. The topological polar surface area (TPSA) is 27.8 Å². The molecule has 15 heavy (non-hydrogen) atoms. The molecule has 0 spiro atoms. The minimum Gasteiger partial charge on any atom is -0.361 e. The molecule has 1 aromatic carbocycles. The molecule has 0 unspecified atom stereocenters. The Morgan fingerprint density at radius 1 is 1.33 bits per heavy atom. The van der Waals surface area contributed by atoms with Crippen LogP contribution < -0.4 is 5.32 Å². The molecule has 2 N–H and O–H groups in total. The molecule has 0 aliphatic heterocycles. The fraction of sp³-hybridized carbons (Fsp3) is 0.385. The monoisotopic (exact) mass is 202 g/mol. The van der Waals surface area contributed by atoms with Gasteiger partial charge in [-0.05, 0) is 31.5 Å². The Labute approximate surface area is 90.7 Å². The first-order chi connectivity index (χ1) is 7.35. The SMILES string of the molecule is CC[C@@H](Cc1c[nH]c2ccccc12)NC. The highest BCUT2D eigenvalue weighted by Gasteiger charge is 2.08. The number of aromatic nitrogens is 1. The molecule has 0 fully saturated rings. The van der Waals surface area contributed by atoms with Crippen molar-refractivity contribution in [2.75, 3.05) is 7.05 Å². The van der Waals surface area contributed by atoms with Gasteiger partial charge in [-0.2, -0.15) is 0 Å². The van der Waals surface area contributed by atoms with Crippen molar-refractivity contribution in [1.82, 2.24) is 10.3 Å². The van der Waals surface area contributed by atoms with Gasteiger partial charge in [-0.3, -0.25) is 0 Å². The number of nitrogens with one attached hydrogen (secondary N) is 2. The van der Waals surface area contributed by atoms with Crippen molar-refractivity contribution in [2.45, 2.75) is 25.8 Å². The van der Waals surface area contributed by atoms with Crippen LogP contribution >= 0.6 is 0 Å². The van der Waals surface area contributed by atoms with Crippen LogP contribution in [0.1, 0.15) is 18.9 Å². The number of H-pyrrole nitrogens is 1. The first-order valence-corrected chi connectivity index (χ1v) is 5.57. The summed E-state index contributed by atoms with van der Waals surface area (Å²) in [6.45, 7) is 2.22. The Bertz CT molecular complexity index is 427.